The second-order valence-electron chi connectivity index (χ2n) is 3.94. The first-order chi connectivity index (χ1) is 8.74. The van der Waals surface area contributed by atoms with E-state index in [0.717, 1.165) is 22.3 Å². The van der Waals surface area contributed by atoms with Crippen molar-refractivity contribution in [1.29, 1.82) is 0 Å². The summed E-state index contributed by atoms with van der Waals surface area (Å²) >= 11 is 3.24. The maximum absolute atomic E-state index is 12.0. The lowest BCUT2D eigenvalue weighted by Gasteiger charge is -2.03. The quantitative estimate of drug-likeness (QED) is 0.828. The Labute approximate surface area is 115 Å². The highest BCUT2D eigenvalue weighted by Gasteiger charge is 2.15. The number of amides is 1. The van der Waals surface area contributed by atoms with Crippen molar-refractivity contribution >= 4 is 44.8 Å². The Morgan fingerprint density at radius 3 is 2.94 bits per heavy atom. The molecule has 0 aliphatic heterocycles. The summed E-state index contributed by atoms with van der Waals surface area (Å²) < 4.78 is 1.06. The lowest BCUT2D eigenvalue weighted by atomic mass is 10.2. The molecule has 3 nitrogen and oxygen atoms in total. The molecule has 0 fully saturated rings. The highest BCUT2D eigenvalue weighted by molar-refractivity contribution is 7.98. The molecule has 1 amide bonds. The highest BCUT2D eigenvalue weighted by atomic mass is 32.2. The third-order valence-electron chi connectivity index (χ3n) is 2.65. The molecule has 0 unspecified atom stereocenters. The van der Waals surface area contributed by atoms with Gasteiger partial charge in [0.25, 0.3) is 5.91 Å². The number of nitrogens with two attached hydrogens (primary N) is 1. The molecule has 0 aliphatic rings. The van der Waals surface area contributed by atoms with E-state index in [9.17, 15) is 4.79 Å². The van der Waals surface area contributed by atoms with Gasteiger partial charge in [-0.25, -0.2) is 0 Å². The Kier molecular flexibility index (Phi) is 4.49. The Morgan fingerprint density at radius 1 is 1.44 bits per heavy atom. The van der Waals surface area contributed by atoms with E-state index in [1.165, 1.54) is 11.3 Å². The maximum atomic E-state index is 12.0. The van der Waals surface area contributed by atoms with Gasteiger partial charge in [-0.15, -0.1) is 11.3 Å². The summed E-state index contributed by atoms with van der Waals surface area (Å²) in [6, 6.07) is 7.83. The van der Waals surface area contributed by atoms with Crippen LogP contribution in [0.2, 0.25) is 0 Å². The van der Waals surface area contributed by atoms with Crippen molar-refractivity contribution in [3.63, 3.8) is 0 Å². The molecule has 0 saturated heterocycles. The zero-order valence-electron chi connectivity index (χ0n) is 10.2. The van der Waals surface area contributed by atoms with Crippen LogP contribution >= 0.6 is 23.1 Å². The smallest absolute Gasteiger partial charge is 0.263 e. The van der Waals surface area contributed by atoms with Crippen LogP contribution in [-0.4, -0.2) is 24.5 Å². The van der Waals surface area contributed by atoms with Crippen molar-refractivity contribution < 1.29 is 4.79 Å². The third kappa shape index (κ3) is 2.79. The lowest BCUT2D eigenvalue weighted by Crippen LogP contribution is -2.24. The zero-order valence-corrected chi connectivity index (χ0v) is 11.9. The van der Waals surface area contributed by atoms with Gasteiger partial charge < -0.3 is 11.1 Å². The number of anilines is 1. The number of fused-ring (bicyclic) bond motifs is 1. The molecule has 2 aromatic rings. The first-order valence-corrected chi connectivity index (χ1v) is 7.99. The number of rotatable bonds is 5. The molecule has 1 aromatic heterocycles. The molecule has 5 heteroatoms. The minimum atomic E-state index is -0.0604. The van der Waals surface area contributed by atoms with E-state index >= 15 is 0 Å². The van der Waals surface area contributed by atoms with E-state index in [4.69, 9.17) is 5.73 Å². The van der Waals surface area contributed by atoms with Gasteiger partial charge in [0, 0.05) is 16.6 Å². The SMILES string of the molecule is CSCCCNC(=O)c1sc2ccccc2c1N. The summed E-state index contributed by atoms with van der Waals surface area (Å²) in [5.74, 6) is 0.997. The molecule has 3 N–H and O–H groups in total. The number of nitrogens with one attached hydrogen (secondary N) is 1. The van der Waals surface area contributed by atoms with Gasteiger partial charge in [-0.3, -0.25) is 4.79 Å². The number of carbonyl (C=O) groups excluding carboxylic acids is 1. The number of thiophene rings is 1. The zero-order chi connectivity index (χ0) is 13.0. The largest absolute Gasteiger partial charge is 0.397 e. The third-order valence-corrected chi connectivity index (χ3v) is 4.53. The first kappa shape index (κ1) is 13.2. The van der Waals surface area contributed by atoms with Gasteiger partial charge in [-0.1, -0.05) is 18.2 Å². The first-order valence-electron chi connectivity index (χ1n) is 5.78. The van der Waals surface area contributed by atoms with Crippen LogP contribution < -0.4 is 11.1 Å². The van der Waals surface area contributed by atoms with Gasteiger partial charge in [-0.2, -0.15) is 11.8 Å². The van der Waals surface area contributed by atoms with E-state index in [-0.39, 0.29) is 5.91 Å². The fourth-order valence-corrected chi connectivity index (χ4v) is 3.21. The Balaban J connectivity index is 2.10. The molecule has 0 saturated carbocycles. The van der Waals surface area contributed by atoms with E-state index in [2.05, 4.69) is 11.6 Å². The van der Waals surface area contributed by atoms with Crippen LogP contribution in [0, 0.1) is 0 Å². The Hall–Kier alpha value is -1.20. The number of nitrogen functional groups attached to an aromatic ring is 1. The Morgan fingerprint density at radius 2 is 2.22 bits per heavy atom. The normalized spacial score (nSPS) is 10.7. The predicted molar refractivity (Wildman–Crippen MR) is 81.6 cm³/mol. The van der Waals surface area contributed by atoms with Crippen LogP contribution in [-0.2, 0) is 0 Å². The van der Waals surface area contributed by atoms with E-state index in [1.54, 1.807) is 11.8 Å². The summed E-state index contributed by atoms with van der Waals surface area (Å²) in [6.45, 7) is 0.702. The summed E-state index contributed by atoms with van der Waals surface area (Å²) in [6.07, 6.45) is 3.05. The maximum Gasteiger partial charge on any atom is 0.263 e. The fraction of sp³-hybridized carbons (Fsp3) is 0.308. The number of benzene rings is 1. The second kappa shape index (κ2) is 6.11. The second-order valence-corrected chi connectivity index (χ2v) is 5.98. The Bertz CT molecular complexity index is 551. The monoisotopic (exact) mass is 280 g/mol. The van der Waals surface area contributed by atoms with Crippen LogP contribution in [0.3, 0.4) is 0 Å². The summed E-state index contributed by atoms with van der Waals surface area (Å²) in [5, 5.41) is 3.88. The van der Waals surface area contributed by atoms with Gasteiger partial charge in [0.2, 0.25) is 0 Å². The predicted octanol–water partition coefficient (Wildman–Crippen LogP) is 2.97. The van der Waals surface area contributed by atoms with E-state index in [0.29, 0.717) is 17.1 Å². The summed E-state index contributed by atoms with van der Waals surface area (Å²) in [4.78, 5) is 12.6. The molecule has 96 valence electrons. The van der Waals surface area contributed by atoms with E-state index < -0.39 is 0 Å². The standard InChI is InChI=1S/C13H16N2OS2/c1-17-8-4-7-15-13(16)12-11(14)9-5-2-3-6-10(9)18-12/h2-3,5-6H,4,7-8,14H2,1H3,(H,15,16). The molecule has 1 aromatic carbocycles. The fourth-order valence-electron chi connectivity index (χ4n) is 1.73. The topological polar surface area (TPSA) is 55.1 Å². The van der Waals surface area contributed by atoms with Crippen molar-refractivity contribution in [3.05, 3.63) is 29.1 Å². The van der Waals surface area contributed by atoms with Crippen molar-refractivity contribution in [3.8, 4) is 0 Å². The van der Waals surface area contributed by atoms with Gasteiger partial charge in [0.15, 0.2) is 0 Å². The van der Waals surface area contributed by atoms with Crippen LogP contribution in [0.5, 0.6) is 0 Å². The molecule has 0 bridgehead atoms. The molecular weight excluding hydrogens is 264 g/mol. The summed E-state index contributed by atoms with van der Waals surface area (Å²) in [7, 11) is 0. The van der Waals surface area contributed by atoms with Gasteiger partial charge >= 0.3 is 0 Å². The average molecular weight is 280 g/mol. The van der Waals surface area contributed by atoms with Crippen molar-refractivity contribution in [2.24, 2.45) is 0 Å². The highest BCUT2D eigenvalue weighted by Crippen LogP contribution is 2.33. The van der Waals surface area contributed by atoms with Crippen LogP contribution in [0.4, 0.5) is 5.69 Å². The number of thioether (sulfide) groups is 1. The lowest BCUT2D eigenvalue weighted by molar-refractivity contribution is 0.0958. The molecule has 0 spiro atoms. The van der Waals surface area contributed by atoms with E-state index in [1.807, 2.05) is 24.3 Å². The van der Waals surface area contributed by atoms with Crippen molar-refractivity contribution in [2.75, 3.05) is 24.3 Å². The van der Waals surface area contributed by atoms with Crippen molar-refractivity contribution in [1.82, 2.24) is 5.32 Å². The van der Waals surface area contributed by atoms with Crippen LogP contribution in [0.1, 0.15) is 16.1 Å². The number of hydrogen-bond acceptors (Lipinski definition) is 4. The molecular formula is C13H16N2OS2. The molecule has 1 heterocycles. The number of hydrogen-bond donors (Lipinski definition) is 2. The molecule has 2 rings (SSSR count). The van der Waals surface area contributed by atoms with Gasteiger partial charge in [0.1, 0.15) is 4.88 Å². The minimum absolute atomic E-state index is 0.0604. The van der Waals surface area contributed by atoms with Crippen molar-refractivity contribution in [2.45, 2.75) is 6.42 Å². The van der Waals surface area contributed by atoms with Gasteiger partial charge in [-0.05, 0) is 24.5 Å². The van der Waals surface area contributed by atoms with Crippen LogP contribution in [0.15, 0.2) is 24.3 Å². The minimum Gasteiger partial charge on any atom is -0.397 e. The molecule has 0 atom stereocenters. The average Bonchev–Trinajstić information content (AvgIpc) is 2.73. The molecule has 18 heavy (non-hydrogen) atoms. The van der Waals surface area contributed by atoms with Crippen LogP contribution in [0.25, 0.3) is 10.1 Å². The number of carbonyl (C=O) groups is 1. The molecule has 0 radical (unpaired) electrons. The molecule has 0 aliphatic carbocycles. The summed E-state index contributed by atoms with van der Waals surface area (Å²) in [5.41, 5.74) is 6.61. The van der Waals surface area contributed by atoms with Gasteiger partial charge in [0.05, 0.1) is 5.69 Å².